The Labute approximate surface area is 209 Å². The number of esters is 1. The Morgan fingerprint density at radius 3 is 2.38 bits per heavy atom. The summed E-state index contributed by atoms with van der Waals surface area (Å²) in [5, 5.41) is 8.43. The number of aromatic carboxylic acids is 1. The number of amides is 2. The largest absolute Gasteiger partial charge is 0.488 e. The van der Waals surface area contributed by atoms with E-state index in [4.69, 9.17) is 14.6 Å². The number of hydrogen-bond donors (Lipinski definition) is 1. The first-order chi connectivity index (χ1) is 15.9. The molecule has 0 atom stereocenters. The van der Waals surface area contributed by atoms with Crippen LogP contribution in [0.4, 0.5) is 4.79 Å². The van der Waals surface area contributed by atoms with Gasteiger partial charge < -0.3 is 14.6 Å². The molecular weight excluding hydrogens is 526 g/mol. The summed E-state index contributed by atoms with van der Waals surface area (Å²) in [4.78, 5) is 48.9. The Morgan fingerprint density at radius 2 is 1.79 bits per heavy atom. The van der Waals surface area contributed by atoms with Crippen LogP contribution in [0.15, 0.2) is 51.8 Å². The van der Waals surface area contributed by atoms with Crippen molar-refractivity contribution in [2.24, 2.45) is 0 Å². The highest BCUT2D eigenvalue weighted by Gasteiger charge is 2.37. The molecule has 8 nitrogen and oxygen atoms in total. The highest BCUT2D eigenvalue weighted by atomic mass is 79.9. The number of benzene rings is 2. The molecule has 0 spiro atoms. The number of carbonyl (C=O) groups excluding carboxylic acids is 3. The van der Waals surface area contributed by atoms with E-state index in [1.54, 1.807) is 57.2 Å². The van der Waals surface area contributed by atoms with E-state index in [9.17, 15) is 19.2 Å². The summed E-state index contributed by atoms with van der Waals surface area (Å²) in [5.74, 6) is -1.65. The van der Waals surface area contributed by atoms with E-state index in [-0.39, 0.29) is 17.1 Å². The van der Waals surface area contributed by atoms with Crippen molar-refractivity contribution in [2.45, 2.75) is 33.0 Å². The van der Waals surface area contributed by atoms with Gasteiger partial charge in [0.25, 0.3) is 11.1 Å². The fraction of sp³-hybridized carbons (Fsp3) is 0.250. The Kier molecular flexibility index (Phi) is 7.83. The van der Waals surface area contributed by atoms with Crippen molar-refractivity contribution in [3.63, 3.8) is 0 Å². The molecule has 1 aliphatic heterocycles. The second-order valence-corrected chi connectivity index (χ2v) is 10.2. The molecule has 1 N–H and O–H groups in total. The van der Waals surface area contributed by atoms with Crippen molar-refractivity contribution in [3.05, 3.63) is 68.5 Å². The van der Waals surface area contributed by atoms with E-state index in [0.29, 0.717) is 15.8 Å². The Bertz CT molecular complexity index is 1170. The molecule has 34 heavy (non-hydrogen) atoms. The Balaban J connectivity index is 1.65. The van der Waals surface area contributed by atoms with Gasteiger partial charge in [0.05, 0.1) is 14.9 Å². The normalized spacial score (nSPS) is 15.1. The van der Waals surface area contributed by atoms with Crippen molar-refractivity contribution >= 4 is 56.9 Å². The van der Waals surface area contributed by atoms with E-state index in [1.165, 1.54) is 12.1 Å². The number of carbonyl (C=O) groups is 4. The van der Waals surface area contributed by atoms with Gasteiger partial charge in [-0.1, -0.05) is 18.2 Å². The number of halogens is 1. The molecule has 2 aromatic carbocycles. The van der Waals surface area contributed by atoms with Crippen LogP contribution in [-0.4, -0.2) is 45.2 Å². The summed E-state index contributed by atoms with van der Waals surface area (Å²) in [7, 11) is 0. The SMILES string of the molecule is CC(C)(C)OC(=O)CN1C(=O)SC(=Cc2ccc(OCc3ccc(C(=O)O)cc3)c(Br)c2)C1=O. The predicted octanol–water partition coefficient (Wildman–Crippen LogP) is 5.10. The minimum Gasteiger partial charge on any atom is -0.488 e. The first kappa shape index (κ1) is 25.5. The third-order valence-electron chi connectivity index (χ3n) is 4.43. The molecule has 0 bridgehead atoms. The van der Waals surface area contributed by atoms with Gasteiger partial charge in [-0.2, -0.15) is 0 Å². The standard InChI is InChI=1S/C24H22BrNO7S/c1-24(2,3)33-20(27)12-26-21(28)19(34-23(26)31)11-15-6-9-18(17(25)10-15)32-13-14-4-7-16(8-5-14)22(29)30/h4-11H,12-13H2,1-3H3,(H,29,30). The minimum atomic E-state index is -0.992. The number of rotatable bonds is 7. The van der Waals surface area contributed by atoms with Crippen LogP contribution >= 0.6 is 27.7 Å². The van der Waals surface area contributed by atoms with Crippen molar-refractivity contribution < 1.29 is 33.8 Å². The molecule has 0 unspecified atom stereocenters. The van der Waals surface area contributed by atoms with Crippen LogP contribution in [0.3, 0.4) is 0 Å². The lowest BCUT2D eigenvalue weighted by Gasteiger charge is -2.21. The van der Waals surface area contributed by atoms with Crippen molar-refractivity contribution in [1.82, 2.24) is 4.90 Å². The van der Waals surface area contributed by atoms with E-state index in [1.807, 2.05) is 0 Å². The van der Waals surface area contributed by atoms with Crippen LogP contribution in [0.25, 0.3) is 6.08 Å². The minimum absolute atomic E-state index is 0.199. The van der Waals surface area contributed by atoms with Gasteiger partial charge in [-0.05, 0) is 89.9 Å². The molecule has 2 amide bonds. The van der Waals surface area contributed by atoms with Gasteiger partial charge in [0.2, 0.25) is 0 Å². The van der Waals surface area contributed by atoms with E-state index >= 15 is 0 Å². The summed E-state index contributed by atoms with van der Waals surface area (Å²) in [6, 6.07) is 11.6. The first-order valence-electron chi connectivity index (χ1n) is 10.1. The van der Waals surface area contributed by atoms with Crippen molar-refractivity contribution in [2.75, 3.05) is 6.54 Å². The van der Waals surface area contributed by atoms with Crippen molar-refractivity contribution in [3.8, 4) is 5.75 Å². The Hall–Kier alpha value is -3.11. The van der Waals surface area contributed by atoms with Crippen LogP contribution in [0, 0.1) is 0 Å². The molecule has 3 rings (SSSR count). The van der Waals surface area contributed by atoms with Crippen molar-refractivity contribution in [1.29, 1.82) is 0 Å². The fourth-order valence-corrected chi connectivity index (χ4v) is 4.27. The fourth-order valence-electron chi connectivity index (χ4n) is 2.92. The average Bonchev–Trinajstić information content (AvgIpc) is 2.99. The van der Waals surface area contributed by atoms with Gasteiger partial charge in [0.15, 0.2) is 0 Å². The van der Waals surface area contributed by atoms with Gasteiger partial charge in [-0.3, -0.25) is 19.3 Å². The van der Waals surface area contributed by atoms with E-state index in [0.717, 1.165) is 22.2 Å². The summed E-state index contributed by atoms with van der Waals surface area (Å²) in [6.07, 6.45) is 1.57. The lowest BCUT2D eigenvalue weighted by atomic mass is 10.1. The molecule has 2 aromatic rings. The third-order valence-corrected chi connectivity index (χ3v) is 5.96. The van der Waals surface area contributed by atoms with E-state index in [2.05, 4.69) is 15.9 Å². The van der Waals surface area contributed by atoms with Gasteiger partial charge in [-0.25, -0.2) is 4.79 Å². The number of carboxylic acids is 1. The van der Waals surface area contributed by atoms with Gasteiger partial charge in [-0.15, -0.1) is 0 Å². The number of imide groups is 1. The van der Waals surface area contributed by atoms with Crippen LogP contribution in [0.2, 0.25) is 0 Å². The second kappa shape index (κ2) is 10.4. The first-order valence-corrected chi connectivity index (χ1v) is 11.8. The zero-order chi connectivity index (χ0) is 25.0. The second-order valence-electron chi connectivity index (χ2n) is 8.33. The van der Waals surface area contributed by atoms with Crippen LogP contribution in [0.1, 0.15) is 42.3 Å². The summed E-state index contributed by atoms with van der Waals surface area (Å²) in [6.45, 7) is 4.92. The summed E-state index contributed by atoms with van der Waals surface area (Å²) >= 11 is 4.20. The molecule has 1 aliphatic rings. The lowest BCUT2D eigenvalue weighted by molar-refractivity contribution is -0.156. The maximum Gasteiger partial charge on any atom is 0.335 e. The summed E-state index contributed by atoms with van der Waals surface area (Å²) in [5.41, 5.74) is 0.949. The van der Waals surface area contributed by atoms with Gasteiger partial charge in [0, 0.05) is 0 Å². The zero-order valence-corrected chi connectivity index (χ0v) is 21.1. The van der Waals surface area contributed by atoms with Gasteiger partial charge in [0.1, 0.15) is 24.5 Å². The monoisotopic (exact) mass is 547 g/mol. The quantitative estimate of drug-likeness (QED) is 0.376. The number of hydrogen-bond acceptors (Lipinski definition) is 7. The summed E-state index contributed by atoms with van der Waals surface area (Å²) < 4.78 is 11.6. The molecule has 1 heterocycles. The Morgan fingerprint density at radius 1 is 1.12 bits per heavy atom. The molecule has 1 saturated heterocycles. The number of thioether (sulfide) groups is 1. The molecule has 0 saturated carbocycles. The van der Waals surface area contributed by atoms with Crippen LogP contribution in [-0.2, 0) is 20.9 Å². The highest BCUT2D eigenvalue weighted by molar-refractivity contribution is 9.10. The third kappa shape index (κ3) is 6.71. The maximum atomic E-state index is 12.6. The van der Waals surface area contributed by atoms with Crippen LogP contribution in [0.5, 0.6) is 5.75 Å². The molecule has 178 valence electrons. The number of carboxylic acid groups (broad SMARTS) is 1. The number of ether oxygens (including phenoxy) is 2. The molecule has 10 heteroatoms. The maximum absolute atomic E-state index is 12.6. The molecular formula is C24H22BrNO7S. The molecule has 0 aliphatic carbocycles. The van der Waals surface area contributed by atoms with E-state index < -0.39 is 35.2 Å². The predicted molar refractivity (Wildman–Crippen MR) is 130 cm³/mol. The van der Waals surface area contributed by atoms with Gasteiger partial charge >= 0.3 is 11.9 Å². The lowest BCUT2D eigenvalue weighted by Crippen LogP contribution is -2.37. The zero-order valence-electron chi connectivity index (χ0n) is 18.7. The molecule has 1 fully saturated rings. The average molecular weight is 548 g/mol. The molecule has 0 radical (unpaired) electrons. The molecule has 0 aromatic heterocycles. The smallest absolute Gasteiger partial charge is 0.335 e. The number of nitrogens with zero attached hydrogens (tertiary/aromatic N) is 1. The topological polar surface area (TPSA) is 110 Å². The van der Waals surface area contributed by atoms with Crippen LogP contribution < -0.4 is 4.74 Å². The highest BCUT2D eigenvalue weighted by Crippen LogP contribution is 2.34.